The first kappa shape index (κ1) is 13.3. The quantitative estimate of drug-likeness (QED) is 0.784. The third kappa shape index (κ3) is 2.35. The van der Waals surface area contributed by atoms with Crippen LogP contribution in [0.3, 0.4) is 0 Å². The van der Waals surface area contributed by atoms with Crippen LogP contribution in [0.25, 0.3) is 0 Å². The average molecular weight is 292 g/mol. The van der Waals surface area contributed by atoms with Crippen LogP contribution in [-0.4, -0.2) is 26.1 Å². The van der Waals surface area contributed by atoms with Gasteiger partial charge in [-0.25, -0.2) is 0 Å². The number of anilines is 1. The Morgan fingerprint density at radius 1 is 1.44 bits per heavy atom. The maximum absolute atomic E-state index is 12.9. The molecule has 1 aromatic rings. The van der Waals surface area contributed by atoms with E-state index < -0.39 is 21.4 Å². The van der Waals surface area contributed by atoms with Crippen LogP contribution in [0.4, 0.5) is 9.57 Å². The molecule has 0 aromatic heterocycles. The summed E-state index contributed by atoms with van der Waals surface area (Å²) in [5, 5.41) is -0.810. The van der Waals surface area contributed by atoms with Crippen molar-refractivity contribution in [2.75, 3.05) is 11.4 Å². The van der Waals surface area contributed by atoms with Crippen LogP contribution in [0.5, 0.6) is 0 Å². The highest BCUT2D eigenvalue weighted by Crippen LogP contribution is 2.31. The van der Waals surface area contributed by atoms with Crippen molar-refractivity contribution in [3.8, 4) is 0 Å². The molecule has 1 fully saturated rings. The first-order valence-corrected chi connectivity index (χ1v) is 7.12. The minimum Gasteiger partial charge on any atom is -0.311 e. The largest absolute Gasteiger partial charge is 0.311 e. The molecular weight excluding hydrogens is 281 g/mol. The van der Waals surface area contributed by atoms with Crippen molar-refractivity contribution in [2.45, 2.75) is 18.6 Å². The van der Waals surface area contributed by atoms with Gasteiger partial charge in [-0.1, -0.05) is 17.7 Å². The third-order valence-electron chi connectivity index (χ3n) is 3.02. The first-order valence-electron chi connectivity index (χ1n) is 5.29. The van der Waals surface area contributed by atoms with E-state index in [0.717, 1.165) is 0 Å². The molecule has 0 aliphatic carbocycles. The topological polar surface area (TPSA) is 54.5 Å². The number of hydrogen-bond donors (Lipinski definition) is 0. The Kier molecular flexibility index (Phi) is 3.33. The summed E-state index contributed by atoms with van der Waals surface area (Å²) in [5.74, 6) is -0.411. The van der Waals surface area contributed by atoms with E-state index in [4.69, 9.17) is 11.6 Å². The van der Waals surface area contributed by atoms with Crippen molar-refractivity contribution >= 4 is 33.4 Å². The highest BCUT2D eigenvalue weighted by molar-refractivity contribution is 7.87. The summed E-state index contributed by atoms with van der Waals surface area (Å²) >= 11 is 5.94. The highest BCUT2D eigenvalue weighted by Gasteiger charge is 2.39. The second-order valence-electron chi connectivity index (χ2n) is 4.19. The Bertz CT molecular complexity index is 602. The molecule has 1 aliphatic rings. The lowest BCUT2D eigenvalue weighted by Gasteiger charge is -2.19. The van der Waals surface area contributed by atoms with Gasteiger partial charge in [0, 0.05) is 23.7 Å². The molecule has 4 nitrogen and oxygen atoms in total. The zero-order valence-corrected chi connectivity index (χ0v) is 11.1. The molecule has 0 spiro atoms. The van der Waals surface area contributed by atoms with Gasteiger partial charge in [-0.15, -0.1) is 3.89 Å². The molecule has 98 valence electrons. The zero-order chi connectivity index (χ0) is 13.5. The lowest BCUT2D eigenvalue weighted by molar-refractivity contribution is -0.117. The van der Waals surface area contributed by atoms with Gasteiger partial charge in [-0.2, -0.15) is 8.42 Å². The van der Waals surface area contributed by atoms with E-state index >= 15 is 0 Å². The molecule has 18 heavy (non-hydrogen) atoms. The molecule has 1 amide bonds. The normalized spacial score (nSPS) is 20.5. The van der Waals surface area contributed by atoms with Gasteiger partial charge in [-0.3, -0.25) is 4.79 Å². The summed E-state index contributed by atoms with van der Waals surface area (Å²) in [6.45, 7) is 1.56. The van der Waals surface area contributed by atoms with Gasteiger partial charge in [-0.05, 0) is 24.6 Å². The second-order valence-corrected chi connectivity index (χ2v) is 6.22. The van der Waals surface area contributed by atoms with Crippen molar-refractivity contribution in [1.29, 1.82) is 0 Å². The molecule has 1 heterocycles. The van der Waals surface area contributed by atoms with Crippen LogP contribution in [0.15, 0.2) is 18.2 Å². The molecule has 1 atom stereocenters. The molecule has 1 unspecified atom stereocenters. The van der Waals surface area contributed by atoms with Crippen molar-refractivity contribution in [3.05, 3.63) is 28.8 Å². The highest BCUT2D eigenvalue weighted by atomic mass is 35.5. The minimum absolute atomic E-state index is 0.168. The standard InChI is InChI=1S/C11H11ClFNO3S/c1-7-9(12)3-2-4-10(7)14-6-8(5-11(14)15)18(13,16)17/h2-4,8H,5-6H2,1H3. The Morgan fingerprint density at radius 3 is 2.67 bits per heavy atom. The van der Waals surface area contributed by atoms with Gasteiger partial charge in [0.15, 0.2) is 0 Å². The minimum atomic E-state index is -4.69. The van der Waals surface area contributed by atoms with Gasteiger partial charge in [0.2, 0.25) is 5.91 Å². The van der Waals surface area contributed by atoms with Gasteiger partial charge in [0.25, 0.3) is 0 Å². The molecule has 0 saturated carbocycles. The SMILES string of the molecule is Cc1c(Cl)cccc1N1CC(S(=O)(=O)F)CC1=O. The lowest BCUT2D eigenvalue weighted by Crippen LogP contribution is -2.27. The average Bonchev–Trinajstić information content (AvgIpc) is 2.64. The van der Waals surface area contributed by atoms with Crippen LogP contribution in [0.2, 0.25) is 5.02 Å². The molecule has 0 radical (unpaired) electrons. The van der Waals surface area contributed by atoms with E-state index in [1.54, 1.807) is 25.1 Å². The van der Waals surface area contributed by atoms with E-state index in [0.29, 0.717) is 16.3 Å². The molecule has 1 aromatic carbocycles. The predicted octanol–water partition coefficient (Wildman–Crippen LogP) is 2.05. The summed E-state index contributed by atoms with van der Waals surface area (Å²) in [5.41, 5.74) is 1.20. The van der Waals surface area contributed by atoms with E-state index in [9.17, 15) is 17.1 Å². The van der Waals surface area contributed by atoms with E-state index in [-0.39, 0.29) is 13.0 Å². The number of benzene rings is 1. The Balaban J connectivity index is 2.36. The number of halogens is 2. The molecule has 1 saturated heterocycles. The van der Waals surface area contributed by atoms with Crippen molar-refractivity contribution in [2.24, 2.45) is 0 Å². The molecular formula is C11H11ClFNO3S. The molecule has 2 rings (SSSR count). The third-order valence-corrected chi connectivity index (χ3v) is 4.54. The second kappa shape index (κ2) is 4.51. The Labute approximate surface area is 110 Å². The van der Waals surface area contributed by atoms with E-state index in [1.165, 1.54) is 4.90 Å². The van der Waals surface area contributed by atoms with Crippen LogP contribution >= 0.6 is 11.6 Å². The number of carbonyl (C=O) groups excluding carboxylic acids is 1. The van der Waals surface area contributed by atoms with Gasteiger partial charge in [0.1, 0.15) is 5.25 Å². The summed E-state index contributed by atoms with van der Waals surface area (Å²) < 4.78 is 34.6. The van der Waals surface area contributed by atoms with Gasteiger partial charge in [0.05, 0.1) is 0 Å². The number of rotatable bonds is 2. The lowest BCUT2D eigenvalue weighted by atomic mass is 10.2. The van der Waals surface area contributed by atoms with Crippen LogP contribution in [-0.2, 0) is 15.0 Å². The van der Waals surface area contributed by atoms with Crippen molar-refractivity contribution in [1.82, 2.24) is 0 Å². The maximum Gasteiger partial charge on any atom is 0.307 e. The fraction of sp³-hybridized carbons (Fsp3) is 0.364. The summed E-state index contributed by atoms with van der Waals surface area (Å²) in [6.07, 6.45) is -0.329. The number of hydrogen-bond acceptors (Lipinski definition) is 3. The van der Waals surface area contributed by atoms with Crippen molar-refractivity contribution in [3.63, 3.8) is 0 Å². The molecule has 7 heteroatoms. The zero-order valence-electron chi connectivity index (χ0n) is 9.56. The van der Waals surface area contributed by atoms with Gasteiger partial charge >= 0.3 is 10.2 Å². The van der Waals surface area contributed by atoms with Crippen LogP contribution in [0, 0.1) is 6.92 Å². The van der Waals surface area contributed by atoms with Crippen LogP contribution < -0.4 is 4.90 Å². The summed E-state index contributed by atoms with van der Waals surface area (Å²) in [7, 11) is -4.69. The van der Waals surface area contributed by atoms with E-state index in [2.05, 4.69) is 0 Å². The number of nitrogens with zero attached hydrogens (tertiary/aromatic N) is 1. The smallest absolute Gasteiger partial charge is 0.307 e. The maximum atomic E-state index is 12.9. The number of amides is 1. The Hall–Kier alpha value is -1.14. The summed E-state index contributed by atoms with van der Waals surface area (Å²) in [4.78, 5) is 13.0. The predicted molar refractivity (Wildman–Crippen MR) is 67.0 cm³/mol. The first-order chi connectivity index (χ1) is 8.30. The molecule has 0 N–H and O–H groups in total. The van der Waals surface area contributed by atoms with Crippen LogP contribution in [0.1, 0.15) is 12.0 Å². The summed E-state index contributed by atoms with van der Waals surface area (Å²) in [6, 6.07) is 4.99. The van der Waals surface area contributed by atoms with Crippen molar-refractivity contribution < 1.29 is 17.1 Å². The fourth-order valence-electron chi connectivity index (χ4n) is 1.98. The monoisotopic (exact) mass is 291 g/mol. The molecule has 0 bridgehead atoms. The number of carbonyl (C=O) groups is 1. The Morgan fingerprint density at radius 2 is 2.11 bits per heavy atom. The van der Waals surface area contributed by atoms with Gasteiger partial charge < -0.3 is 4.90 Å². The molecule has 1 aliphatic heterocycles. The van der Waals surface area contributed by atoms with E-state index in [1.807, 2.05) is 0 Å². The fourth-order valence-corrected chi connectivity index (χ4v) is 2.82.